The van der Waals surface area contributed by atoms with E-state index < -0.39 is 12.0 Å². The Morgan fingerprint density at radius 3 is 2.50 bits per heavy atom. The first-order chi connectivity index (χ1) is 8.49. The number of carboxylic acids is 1. The van der Waals surface area contributed by atoms with Gasteiger partial charge in [-0.25, -0.2) is 0 Å². The van der Waals surface area contributed by atoms with Gasteiger partial charge in [0.25, 0.3) is 0 Å². The predicted octanol–water partition coefficient (Wildman–Crippen LogP) is 2.23. The fraction of sp³-hybridized carbons (Fsp3) is 0.462. The van der Waals surface area contributed by atoms with Crippen LogP contribution in [0.1, 0.15) is 25.5 Å². The molecule has 5 heteroatoms. The van der Waals surface area contributed by atoms with Crippen molar-refractivity contribution in [1.29, 1.82) is 0 Å². The van der Waals surface area contributed by atoms with Crippen LogP contribution in [0.15, 0.2) is 24.3 Å². The third-order valence-electron chi connectivity index (χ3n) is 3.19. The first-order valence-electron chi connectivity index (χ1n) is 5.89. The van der Waals surface area contributed by atoms with E-state index in [0.29, 0.717) is 5.02 Å². The minimum Gasteiger partial charge on any atom is -0.480 e. The summed E-state index contributed by atoms with van der Waals surface area (Å²) in [6.07, 6.45) is -0.535. The number of carbonyl (C=O) groups is 1. The minimum absolute atomic E-state index is 0.0662. The SMILES string of the molecule is CC1NC(C(=O)O)C(C)OC1c1ccc(Cl)cc1. The maximum atomic E-state index is 11.0. The molecule has 0 aromatic heterocycles. The van der Waals surface area contributed by atoms with Crippen LogP contribution in [-0.2, 0) is 9.53 Å². The summed E-state index contributed by atoms with van der Waals surface area (Å²) in [5, 5.41) is 12.8. The van der Waals surface area contributed by atoms with Gasteiger partial charge in [-0.1, -0.05) is 23.7 Å². The maximum absolute atomic E-state index is 11.0. The van der Waals surface area contributed by atoms with Crippen molar-refractivity contribution in [3.8, 4) is 0 Å². The number of rotatable bonds is 2. The van der Waals surface area contributed by atoms with Crippen LogP contribution in [0.25, 0.3) is 0 Å². The lowest BCUT2D eigenvalue weighted by Gasteiger charge is -2.38. The molecule has 0 aliphatic carbocycles. The lowest BCUT2D eigenvalue weighted by molar-refractivity contribution is -0.152. The summed E-state index contributed by atoms with van der Waals surface area (Å²) < 4.78 is 5.81. The Balaban J connectivity index is 2.16. The number of hydrogen-bond donors (Lipinski definition) is 2. The van der Waals surface area contributed by atoms with E-state index >= 15 is 0 Å². The first-order valence-corrected chi connectivity index (χ1v) is 6.26. The topological polar surface area (TPSA) is 58.6 Å². The van der Waals surface area contributed by atoms with Crippen LogP contribution in [0, 0.1) is 0 Å². The zero-order valence-corrected chi connectivity index (χ0v) is 11.0. The van der Waals surface area contributed by atoms with Crippen LogP contribution in [0.3, 0.4) is 0 Å². The summed E-state index contributed by atoms with van der Waals surface area (Å²) in [5.74, 6) is -0.885. The number of carboxylic acid groups (broad SMARTS) is 1. The molecule has 0 spiro atoms. The molecule has 1 aliphatic rings. The molecule has 1 aromatic rings. The van der Waals surface area contributed by atoms with Gasteiger partial charge in [-0.05, 0) is 31.5 Å². The van der Waals surface area contributed by atoms with Crippen molar-refractivity contribution >= 4 is 17.6 Å². The molecule has 0 radical (unpaired) electrons. The van der Waals surface area contributed by atoms with Gasteiger partial charge in [-0.3, -0.25) is 10.1 Å². The van der Waals surface area contributed by atoms with E-state index in [1.54, 1.807) is 19.1 Å². The summed E-state index contributed by atoms with van der Waals surface area (Å²) in [4.78, 5) is 11.0. The molecule has 1 heterocycles. The van der Waals surface area contributed by atoms with Gasteiger partial charge in [0.1, 0.15) is 6.04 Å². The van der Waals surface area contributed by atoms with E-state index in [-0.39, 0.29) is 18.2 Å². The third kappa shape index (κ3) is 2.66. The monoisotopic (exact) mass is 269 g/mol. The highest BCUT2D eigenvalue weighted by Crippen LogP contribution is 2.29. The molecule has 98 valence electrons. The Bertz CT molecular complexity index is 434. The van der Waals surface area contributed by atoms with Crippen molar-refractivity contribution in [2.75, 3.05) is 0 Å². The van der Waals surface area contributed by atoms with E-state index in [1.165, 1.54) is 0 Å². The van der Waals surface area contributed by atoms with Gasteiger partial charge in [0.15, 0.2) is 0 Å². The second kappa shape index (κ2) is 5.26. The van der Waals surface area contributed by atoms with Crippen LogP contribution < -0.4 is 5.32 Å². The molecule has 4 nitrogen and oxygen atoms in total. The molecule has 4 unspecified atom stereocenters. The van der Waals surface area contributed by atoms with Crippen LogP contribution in [0.4, 0.5) is 0 Å². The Morgan fingerprint density at radius 1 is 1.33 bits per heavy atom. The lowest BCUT2D eigenvalue weighted by Crippen LogP contribution is -2.56. The van der Waals surface area contributed by atoms with Gasteiger partial charge in [0.2, 0.25) is 0 Å². The molecular weight excluding hydrogens is 254 g/mol. The fourth-order valence-corrected chi connectivity index (χ4v) is 2.35. The lowest BCUT2D eigenvalue weighted by atomic mass is 9.98. The summed E-state index contributed by atoms with van der Waals surface area (Å²) in [6.45, 7) is 3.68. The van der Waals surface area contributed by atoms with E-state index in [4.69, 9.17) is 21.4 Å². The number of benzene rings is 1. The number of ether oxygens (including phenoxy) is 1. The molecule has 2 N–H and O–H groups in total. The standard InChI is InChI=1S/C13H16ClNO3/c1-7-12(9-3-5-10(14)6-4-9)18-8(2)11(15-7)13(16)17/h3-8,11-12,15H,1-2H3,(H,16,17). The molecule has 18 heavy (non-hydrogen) atoms. The highest BCUT2D eigenvalue weighted by atomic mass is 35.5. The van der Waals surface area contributed by atoms with Gasteiger partial charge in [0.05, 0.1) is 12.2 Å². The van der Waals surface area contributed by atoms with Gasteiger partial charge >= 0.3 is 5.97 Å². The Labute approximate surface area is 111 Å². The smallest absolute Gasteiger partial charge is 0.323 e. The molecule has 0 saturated carbocycles. The molecule has 0 bridgehead atoms. The van der Waals surface area contributed by atoms with Gasteiger partial charge < -0.3 is 9.84 Å². The number of morpholine rings is 1. The maximum Gasteiger partial charge on any atom is 0.323 e. The number of halogens is 1. The first kappa shape index (κ1) is 13.3. The highest BCUT2D eigenvalue weighted by Gasteiger charge is 2.37. The largest absolute Gasteiger partial charge is 0.480 e. The summed E-state index contributed by atoms with van der Waals surface area (Å²) in [6, 6.07) is 6.69. The molecule has 4 atom stereocenters. The van der Waals surface area contributed by atoms with E-state index in [2.05, 4.69) is 5.32 Å². The van der Waals surface area contributed by atoms with Crippen molar-refractivity contribution in [3.05, 3.63) is 34.9 Å². The quantitative estimate of drug-likeness (QED) is 0.864. The Morgan fingerprint density at radius 2 is 1.94 bits per heavy atom. The average molecular weight is 270 g/mol. The van der Waals surface area contributed by atoms with E-state index in [9.17, 15) is 4.79 Å². The number of aliphatic carboxylic acids is 1. The Kier molecular flexibility index (Phi) is 3.90. The summed E-state index contributed by atoms with van der Waals surface area (Å²) in [7, 11) is 0. The van der Waals surface area contributed by atoms with Crippen LogP contribution >= 0.6 is 11.6 Å². The number of hydrogen-bond acceptors (Lipinski definition) is 3. The van der Waals surface area contributed by atoms with Gasteiger partial charge in [0, 0.05) is 11.1 Å². The normalized spacial score (nSPS) is 32.2. The minimum atomic E-state index is -0.885. The van der Waals surface area contributed by atoms with Crippen LogP contribution in [-0.4, -0.2) is 29.3 Å². The molecule has 1 fully saturated rings. The molecular formula is C13H16ClNO3. The van der Waals surface area contributed by atoms with E-state index in [0.717, 1.165) is 5.56 Å². The predicted molar refractivity (Wildman–Crippen MR) is 68.8 cm³/mol. The van der Waals surface area contributed by atoms with Crippen molar-refractivity contribution in [1.82, 2.24) is 5.32 Å². The third-order valence-corrected chi connectivity index (χ3v) is 3.44. The van der Waals surface area contributed by atoms with Gasteiger partial charge in [-0.2, -0.15) is 0 Å². The number of nitrogens with one attached hydrogen (secondary N) is 1. The van der Waals surface area contributed by atoms with E-state index in [1.807, 2.05) is 19.1 Å². The molecule has 2 rings (SSSR count). The van der Waals surface area contributed by atoms with Crippen molar-refractivity contribution in [3.63, 3.8) is 0 Å². The van der Waals surface area contributed by atoms with Gasteiger partial charge in [-0.15, -0.1) is 0 Å². The summed E-state index contributed by atoms with van der Waals surface area (Å²) in [5.41, 5.74) is 0.995. The average Bonchev–Trinajstić information content (AvgIpc) is 2.32. The molecule has 1 aliphatic heterocycles. The van der Waals surface area contributed by atoms with Crippen LogP contribution in [0.2, 0.25) is 5.02 Å². The van der Waals surface area contributed by atoms with Crippen LogP contribution in [0.5, 0.6) is 0 Å². The van der Waals surface area contributed by atoms with Crippen molar-refractivity contribution in [2.24, 2.45) is 0 Å². The fourth-order valence-electron chi connectivity index (χ4n) is 2.23. The second-order valence-corrected chi connectivity index (χ2v) is 5.02. The van der Waals surface area contributed by atoms with Crippen molar-refractivity contribution < 1.29 is 14.6 Å². The Hall–Kier alpha value is -1.10. The molecule has 1 aromatic carbocycles. The highest BCUT2D eigenvalue weighted by molar-refractivity contribution is 6.30. The molecule has 0 amide bonds. The zero-order chi connectivity index (χ0) is 13.3. The molecule has 1 saturated heterocycles. The zero-order valence-electron chi connectivity index (χ0n) is 10.3. The second-order valence-electron chi connectivity index (χ2n) is 4.58. The summed E-state index contributed by atoms with van der Waals surface area (Å²) >= 11 is 5.85. The van der Waals surface area contributed by atoms with Crippen molar-refractivity contribution in [2.45, 2.75) is 38.1 Å².